The highest BCUT2D eigenvalue weighted by molar-refractivity contribution is 5.77. The summed E-state index contributed by atoms with van der Waals surface area (Å²) in [6.45, 7) is 5.10. The molecule has 0 spiro atoms. The summed E-state index contributed by atoms with van der Waals surface area (Å²) in [7, 11) is 0. The van der Waals surface area contributed by atoms with Crippen LogP contribution in [0.1, 0.15) is 51.9 Å². The Balaban J connectivity index is 1.88. The summed E-state index contributed by atoms with van der Waals surface area (Å²) >= 11 is 0. The Bertz CT molecular complexity index is 188. The highest BCUT2D eigenvalue weighted by Gasteiger charge is 2.17. The number of carbonyl (C=O) groups is 1. The van der Waals surface area contributed by atoms with E-state index < -0.39 is 0 Å². The van der Waals surface area contributed by atoms with Gasteiger partial charge in [0.1, 0.15) is 6.61 Å². The van der Waals surface area contributed by atoms with Gasteiger partial charge in [0.2, 0.25) is 5.91 Å². The van der Waals surface area contributed by atoms with Crippen LogP contribution in [-0.2, 0) is 9.53 Å². The van der Waals surface area contributed by atoms with Crippen LogP contribution in [0.2, 0.25) is 0 Å². The van der Waals surface area contributed by atoms with Crippen LogP contribution in [0.25, 0.3) is 0 Å². The predicted octanol–water partition coefficient (Wildman–Crippen LogP) is 2.60. The molecule has 0 atom stereocenters. The molecule has 0 N–H and O–H groups in total. The lowest BCUT2D eigenvalue weighted by Crippen LogP contribution is -2.31. The predicted molar refractivity (Wildman–Crippen MR) is 65.4 cm³/mol. The summed E-state index contributed by atoms with van der Waals surface area (Å²) in [5.41, 5.74) is 0. The Morgan fingerprint density at radius 3 is 2.50 bits per heavy atom. The minimum atomic E-state index is 0.172. The average Bonchev–Trinajstić information content (AvgIpc) is 2.81. The lowest BCUT2D eigenvalue weighted by atomic mass is 10.2. The van der Waals surface area contributed by atoms with E-state index in [1.807, 2.05) is 4.90 Å². The van der Waals surface area contributed by atoms with Crippen LogP contribution < -0.4 is 0 Å². The maximum atomic E-state index is 11.6. The van der Waals surface area contributed by atoms with Crippen LogP contribution >= 0.6 is 0 Å². The van der Waals surface area contributed by atoms with Crippen molar-refractivity contribution in [1.82, 2.24) is 4.90 Å². The van der Waals surface area contributed by atoms with Gasteiger partial charge >= 0.3 is 0 Å². The molecule has 1 amide bonds. The van der Waals surface area contributed by atoms with Crippen molar-refractivity contribution in [2.24, 2.45) is 0 Å². The molecule has 1 heterocycles. The quantitative estimate of drug-likeness (QED) is 0.596. The van der Waals surface area contributed by atoms with Crippen molar-refractivity contribution < 1.29 is 9.53 Å². The molecule has 3 nitrogen and oxygen atoms in total. The van der Waals surface area contributed by atoms with Gasteiger partial charge in [0.05, 0.1) is 0 Å². The molecule has 0 bridgehead atoms. The molecule has 1 saturated heterocycles. The van der Waals surface area contributed by atoms with Gasteiger partial charge in [0.25, 0.3) is 0 Å². The zero-order chi connectivity index (χ0) is 11.6. The molecule has 1 aliphatic rings. The number of nitrogens with zero attached hydrogens (tertiary/aromatic N) is 1. The van der Waals surface area contributed by atoms with Crippen LogP contribution in [0.15, 0.2) is 0 Å². The second kappa shape index (κ2) is 8.57. The number of rotatable bonds is 8. The highest BCUT2D eigenvalue weighted by Crippen LogP contribution is 2.07. The van der Waals surface area contributed by atoms with E-state index in [1.54, 1.807) is 0 Å². The molecular weight excluding hydrogens is 202 g/mol. The molecule has 0 unspecified atom stereocenters. The molecule has 0 radical (unpaired) electrons. The van der Waals surface area contributed by atoms with Crippen molar-refractivity contribution in [1.29, 1.82) is 0 Å². The Morgan fingerprint density at radius 2 is 1.81 bits per heavy atom. The van der Waals surface area contributed by atoms with Gasteiger partial charge in [0, 0.05) is 19.7 Å². The van der Waals surface area contributed by atoms with Crippen molar-refractivity contribution in [3.63, 3.8) is 0 Å². The summed E-state index contributed by atoms with van der Waals surface area (Å²) in [4.78, 5) is 13.5. The first-order valence-corrected chi connectivity index (χ1v) is 6.70. The smallest absolute Gasteiger partial charge is 0.248 e. The summed E-state index contributed by atoms with van der Waals surface area (Å²) in [5.74, 6) is 0.172. The molecule has 0 saturated carbocycles. The maximum Gasteiger partial charge on any atom is 0.248 e. The Labute approximate surface area is 99.1 Å². The zero-order valence-corrected chi connectivity index (χ0v) is 10.5. The van der Waals surface area contributed by atoms with E-state index in [1.165, 1.54) is 25.7 Å². The lowest BCUT2D eigenvalue weighted by molar-refractivity contribution is -0.135. The van der Waals surface area contributed by atoms with E-state index in [2.05, 4.69) is 6.92 Å². The van der Waals surface area contributed by atoms with E-state index in [0.717, 1.165) is 39.0 Å². The van der Waals surface area contributed by atoms with E-state index in [9.17, 15) is 4.79 Å². The first kappa shape index (κ1) is 13.5. The number of likely N-dealkylation sites (tertiary alicyclic amines) is 1. The lowest BCUT2D eigenvalue weighted by Gasteiger charge is -2.14. The minimum absolute atomic E-state index is 0.172. The fourth-order valence-electron chi connectivity index (χ4n) is 2.02. The number of hydrogen-bond donors (Lipinski definition) is 0. The Morgan fingerprint density at radius 1 is 1.12 bits per heavy atom. The molecule has 0 aliphatic carbocycles. The van der Waals surface area contributed by atoms with Gasteiger partial charge in [-0.3, -0.25) is 4.79 Å². The molecule has 0 aromatic heterocycles. The standard InChI is InChI=1S/C13H25NO2/c1-2-3-4-5-8-11-16-12-13(15)14-9-6-7-10-14/h2-12H2,1H3. The maximum absolute atomic E-state index is 11.6. The summed E-state index contributed by atoms with van der Waals surface area (Å²) in [5, 5.41) is 0. The van der Waals surface area contributed by atoms with Crippen molar-refractivity contribution in [3.05, 3.63) is 0 Å². The van der Waals surface area contributed by atoms with Crippen LogP contribution in [0.3, 0.4) is 0 Å². The normalized spacial score (nSPS) is 15.7. The summed E-state index contributed by atoms with van der Waals surface area (Å²) < 4.78 is 5.40. The van der Waals surface area contributed by atoms with Gasteiger partial charge in [0.15, 0.2) is 0 Å². The number of hydrogen-bond acceptors (Lipinski definition) is 2. The Hall–Kier alpha value is -0.570. The fraction of sp³-hybridized carbons (Fsp3) is 0.923. The molecular formula is C13H25NO2. The third-order valence-electron chi connectivity index (χ3n) is 3.08. The topological polar surface area (TPSA) is 29.5 Å². The molecule has 0 aromatic rings. The SMILES string of the molecule is CCCCCCCOCC(=O)N1CCCC1. The van der Waals surface area contributed by atoms with E-state index in [4.69, 9.17) is 4.74 Å². The first-order chi connectivity index (χ1) is 7.84. The van der Waals surface area contributed by atoms with Gasteiger partial charge in [-0.2, -0.15) is 0 Å². The Kier molecular flexibility index (Phi) is 7.23. The number of ether oxygens (including phenoxy) is 1. The molecule has 16 heavy (non-hydrogen) atoms. The van der Waals surface area contributed by atoms with Gasteiger partial charge < -0.3 is 9.64 Å². The van der Waals surface area contributed by atoms with Crippen LogP contribution in [0.5, 0.6) is 0 Å². The molecule has 94 valence electrons. The second-order valence-corrected chi connectivity index (χ2v) is 4.55. The first-order valence-electron chi connectivity index (χ1n) is 6.70. The van der Waals surface area contributed by atoms with Crippen molar-refractivity contribution in [2.45, 2.75) is 51.9 Å². The number of carbonyl (C=O) groups excluding carboxylic acids is 1. The fourth-order valence-corrected chi connectivity index (χ4v) is 2.02. The van der Waals surface area contributed by atoms with Crippen LogP contribution in [0, 0.1) is 0 Å². The van der Waals surface area contributed by atoms with Crippen molar-refractivity contribution in [3.8, 4) is 0 Å². The third kappa shape index (κ3) is 5.50. The van der Waals surface area contributed by atoms with E-state index >= 15 is 0 Å². The summed E-state index contributed by atoms with van der Waals surface area (Å²) in [6, 6.07) is 0. The second-order valence-electron chi connectivity index (χ2n) is 4.55. The summed E-state index contributed by atoms with van der Waals surface area (Å²) in [6.07, 6.45) is 8.51. The molecule has 1 rings (SSSR count). The molecule has 1 aliphatic heterocycles. The third-order valence-corrected chi connectivity index (χ3v) is 3.08. The monoisotopic (exact) mass is 227 g/mol. The average molecular weight is 227 g/mol. The molecule has 1 fully saturated rings. The van der Waals surface area contributed by atoms with E-state index in [-0.39, 0.29) is 12.5 Å². The van der Waals surface area contributed by atoms with Crippen molar-refractivity contribution in [2.75, 3.05) is 26.3 Å². The van der Waals surface area contributed by atoms with Gasteiger partial charge in [-0.15, -0.1) is 0 Å². The van der Waals surface area contributed by atoms with E-state index in [0.29, 0.717) is 0 Å². The molecule has 3 heteroatoms. The largest absolute Gasteiger partial charge is 0.372 e. The minimum Gasteiger partial charge on any atom is -0.372 e. The van der Waals surface area contributed by atoms with Gasteiger partial charge in [-0.25, -0.2) is 0 Å². The van der Waals surface area contributed by atoms with Crippen LogP contribution in [0.4, 0.5) is 0 Å². The zero-order valence-electron chi connectivity index (χ0n) is 10.5. The van der Waals surface area contributed by atoms with Gasteiger partial charge in [-0.05, 0) is 19.3 Å². The van der Waals surface area contributed by atoms with Crippen LogP contribution in [-0.4, -0.2) is 37.1 Å². The highest BCUT2D eigenvalue weighted by atomic mass is 16.5. The van der Waals surface area contributed by atoms with Crippen molar-refractivity contribution >= 4 is 5.91 Å². The molecule has 0 aromatic carbocycles. The number of unbranched alkanes of at least 4 members (excludes halogenated alkanes) is 4. The number of amides is 1. The van der Waals surface area contributed by atoms with Gasteiger partial charge in [-0.1, -0.05) is 32.6 Å².